The Labute approximate surface area is 135 Å². The predicted molar refractivity (Wildman–Crippen MR) is 86.0 cm³/mol. The van der Waals surface area contributed by atoms with Crippen molar-refractivity contribution < 1.29 is 24.5 Å². The van der Waals surface area contributed by atoms with Crippen LogP contribution in [0, 0.1) is 0 Å². The van der Waals surface area contributed by atoms with Crippen LogP contribution in [0.5, 0.6) is 11.5 Å². The molecule has 1 fully saturated rings. The number of ether oxygens (including phenoxy) is 2. The molecule has 128 valence electrons. The second-order valence-corrected chi connectivity index (χ2v) is 6.83. The number of hydrogen-bond acceptors (Lipinski definition) is 6. The minimum absolute atomic E-state index is 0.180. The van der Waals surface area contributed by atoms with Crippen molar-refractivity contribution in [1.82, 2.24) is 5.32 Å². The number of aromatic hydroxyl groups is 1. The Bertz CT molecular complexity index is 591. The zero-order valence-corrected chi connectivity index (χ0v) is 13.9. The molecule has 0 saturated carbocycles. The van der Waals surface area contributed by atoms with Gasteiger partial charge in [-0.05, 0) is 38.5 Å². The van der Waals surface area contributed by atoms with E-state index in [9.17, 15) is 15.0 Å². The van der Waals surface area contributed by atoms with Crippen LogP contribution >= 0.6 is 0 Å². The number of hydrogen-bond donors (Lipinski definition) is 4. The maximum atomic E-state index is 11.9. The van der Waals surface area contributed by atoms with E-state index in [1.54, 1.807) is 32.9 Å². The van der Waals surface area contributed by atoms with Gasteiger partial charge in [-0.3, -0.25) is 5.32 Å². The van der Waals surface area contributed by atoms with Gasteiger partial charge in [-0.2, -0.15) is 0 Å². The lowest BCUT2D eigenvalue weighted by molar-refractivity contribution is -0.00904. The molecule has 1 aromatic rings. The molecule has 0 unspecified atom stereocenters. The van der Waals surface area contributed by atoms with Crippen molar-refractivity contribution >= 4 is 11.8 Å². The molecular formula is C16H24N2O5. The Hall–Kier alpha value is -1.99. The quantitative estimate of drug-likeness (QED) is 0.628. The van der Waals surface area contributed by atoms with E-state index in [-0.39, 0.29) is 17.2 Å². The van der Waals surface area contributed by atoms with E-state index < -0.39 is 17.3 Å². The second-order valence-electron chi connectivity index (χ2n) is 6.83. The lowest BCUT2D eigenvalue weighted by Gasteiger charge is -2.37. The first kappa shape index (κ1) is 17.4. The molecule has 7 nitrogen and oxygen atoms in total. The van der Waals surface area contributed by atoms with Gasteiger partial charge in [0.05, 0.1) is 18.4 Å². The monoisotopic (exact) mass is 324 g/mol. The van der Waals surface area contributed by atoms with E-state index in [2.05, 4.69) is 10.6 Å². The average molecular weight is 324 g/mol. The number of nitrogens with one attached hydrogen (secondary N) is 2. The third-order valence-corrected chi connectivity index (χ3v) is 3.43. The van der Waals surface area contributed by atoms with Crippen LogP contribution in [0.4, 0.5) is 10.5 Å². The summed E-state index contributed by atoms with van der Waals surface area (Å²) in [7, 11) is 1.43. The molecule has 1 aromatic carbocycles. The number of carbonyl (C=O) groups excluding carboxylic acids is 1. The molecule has 0 aromatic heterocycles. The van der Waals surface area contributed by atoms with Crippen LogP contribution in [-0.4, -0.2) is 47.7 Å². The van der Waals surface area contributed by atoms with Gasteiger partial charge >= 0.3 is 6.09 Å². The van der Waals surface area contributed by atoms with Crippen molar-refractivity contribution in [3.05, 3.63) is 17.7 Å². The number of methoxy groups -OCH3 is 1. The van der Waals surface area contributed by atoms with E-state index in [4.69, 9.17) is 9.47 Å². The SMILES string of the molecule is COc1cc(CC2(O)CNC2)cc(NC(=O)OC(C)(C)C)c1O. The summed E-state index contributed by atoms with van der Waals surface area (Å²) >= 11 is 0. The largest absolute Gasteiger partial charge is 0.503 e. The highest BCUT2D eigenvalue weighted by Crippen LogP contribution is 2.37. The third kappa shape index (κ3) is 4.49. The Balaban J connectivity index is 2.21. The number of anilines is 1. The van der Waals surface area contributed by atoms with Crippen LogP contribution in [0.3, 0.4) is 0 Å². The number of benzene rings is 1. The van der Waals surface area contributed by atoms with E-state index in [0.29, 0.717) is 19.5 Å². The molecule has 23 heavy (non-hydrogen) atoms. The summed E-state index contributed by atoms with van der Waals surface area (Å²) in [6.45, 7) is 6.27. The van der Waals surface area contributed by atoms with Gasteiger partial charge in [0.1, 0.15) is 5.60 Å². The van der Waals surface area contributed by atoms with Gasteiger partial charge in [0.25, 0.3) is 0 Å². The van der Waals surface area contributed by atoms with Crippen LogP contribution in [0.1, 0.15) is 26.3 Å². The molecule has 2 rings (SSSR count). The molecule has 4 N–H and O–H groups in total. The van der Waals surface area contributed by atoms with Crippen molar-refractivity contribution in [3.8, 4) is 11.5 Å². The average Bonchev–Trinajstić information content (AvgIpc) is 2.38. The van der Waals surface area contributed by atoms with E-state index >= 15 is 0 Å². The van der Waals surface area contributed by atoms with Crippen molar-refractivity contribution in [1.29, 1.82) is 0 Å². The molecule has 0 atom stereocenters. The van der Waals surface area contributed by atoms with Gasteiger partial charge < -0.3 is 25.0 Å². The maximum Gasteiger partial charge on any atom is 0.412 e. The summed E-state index contributed by atoms with van der Waals surface area (Å²) < 4.78 is 10.3. The number of phenols is 1. The summed E-state index contributed by atoms with van der Waals surface area (Å²) in [5, 5.41) is 25.9. The smallest absolute Gasteiger partial charge is 0.412 e. The van der Waals surface area contributed by atoms with Gasteiger partial charge in [0, 0.05) is 19.5 Å². The predicted octanol–water partition coefficient (Wildman–Crippen LogP) is 1.62. The van der Waals surface area contributed by atoms with Gasteiger partial charge in [-0.1, -0.05) is 0 Å². The van der Waals surface area contributed by atoms with Crippen molar-refractivity contribution in [2.75, 3.05) is 25.5 Å². The van der Waals surface area contributed by atoms with Crippen molar-refractivity contribution in [2.24, 2.45) is 0 Å². The first-order chi connectivity index (χ1) is 10.6. The molecule has 1 aliphatic rings. The molecule has 1 saturated heterocycles. The Morgan fingerprint density at radius 2 is 2.04 bits per heavy atom. The van der Waals surface area contributed by atoms with Crippen LogP contribution in [-0.2, 0) is 11.2 Å². The molecule has 7 heteroatoms. The van der Waals surface area contributed by atoms with Crippen LogP contribution < -0.4 is 15.4 Å². The summed E-state index contributed by atoms with van der Waals surface area (Å²) in [5.74, 6) is 0.0466. The van der Waals surface area contributed by atoms with Crippen molar-refractivity contribution in [3.63, 3.8) is 0 Å². The molecule has 1 amide bonds. The van der Waals surface area contributed by atoms with Crippen LogP contribution in [0.15, 0.2) is 12.1 Å². The fourth-order valence-corrected chi connectivity index (χ4v) is 2.35. The van der Waals surface area contributed by atoms with Crippen LogP contribution in [0.2, 0.25) is 0 Å². The first-order valence-corrected chi connectivity index (χ1v) is 7.45. The number of amides is 1. The standard InChI is InChI=1S/C16H24N2O5/c1-15(2,3)23-14(20)18-11-5-10(6-12(22-4)13(11)19)7-16(21)8-17-9-16/h5-6,17,19,21H,7-9H2,1-4H3,(H,18,20). The highest BCUT2D eigenvalue weighted by atomic mass is 16.6. The summed E-state index contributed by atoms with van der Waals surface area (Å²) in [6, 6.07) is 3.25. The Morgan fingerprint density at radius 1 is 1.39 bits per heavy atom. The van der Waals surface area contributed by atoms with Crippen molar-refractivity contribution in [2.45, 2.75) is 38.4 Å². The lowest BCUT2D eigenvalue weighted by atomic mass is 9.89. The topological polar surface area (TPSA) is 100 Å². The third-order valence-electron chi connectivity index (χ3n) is 3.43. The molecule has 0 radical (unpaired) electrons. The van der Waals surface area contributed by atoms with E-state index in [0.717, 1.165) is 5.56 Å². The number of phenolic OH excluding ortho intramolecular Hbond substituents is 1. The van der Waals surface area contributed by atoms with Gasteiger partial charge in [-0.25, -0.2) is 4.79 Å². The number of carbonyl (C=O) groups is 1. The fraction of sp³-hybridized carbons (Fsp3) is 0.562. The molecular weight excluding hydrogens is 300 g/mol. The number of β-amino-alcohol motifs (C(OH)–C–C–N with tert-alkyl or cyclic N) is 1. The second kappa shape index (κ2) is 6.25. The molecule has 0 spiro atoms. The fourth-order valence-electron chi connectivity index (χ4n) is 2.35. The molecule has 0 bridgehead atoms. The van der Waals surface area contributed by atoms with Gasteiger partial charge in [0.2, 0.25) is 0 Å². The lowest BCUT2D eigenvalue weighted by Crippen LogP contribution is -2.60. The molecule has 0 aliphatic carbocycles. The van der Waals surface area contributed by atoms with Gasteiger partial charge in [0.15, 0.2) is 11.5 Å². The summed E-state index contributed by atoms with van der Waals surface area (Å²) in [4.78, 5) is 11.9. The maximum absolute atomic E-state index is 11.9. The zero-order valence-electron chi connectivity index (χ0n) is 13.9. The highest BCUT2D eigenvalue weighted by Gasteiger charge is 2.34. The van der Waals surface area contributed by atoms with Gasteiger partial charge in [-0.15, -0.1) is 0 Å². The van der Waals surface area contributed by atoms with Crippen LogP contribution in [0.25, 0.3) is 0 Å². The normalized spacial score (nSPS) is 16.4. The molecule has 1 aliphatic heterocycles. The highest BCUT2D eigenvalue weighted by molar-refractivity contribution is 5.88. The number of rotatable bonds is 4. The minimum Gasteiger partial charge on any atom is -0.503 e. The zero-order chi connectivity index (χ0) is 17.3. The summed E-state index contributed by atoms with van der Waals surface area (Å²) in [6.07, 6.45) is -0.282. The minimum atomic E-state index is -0.814. The van der Waals surface area contributed by atoms with E-state index in [1.807, 2.05) is 0 Å². The molecule has 1 heterocycles. The Morgan fingerprint density at radius 3 is 2.52 bits per heavy atom. The first-order valence-electron chi connectivity index (χ1n) is 7.45. The number of aliphatic hydroxyl groups is 1. The summed E-state index contributed by atoms with van der Waals surface area (Å²) in [5.41, 5.74) is -0.529. The Kier molecular flexibility index (Phi) is 4.72. The van der Waals surface area contributed by atoms with E-state index in [1.165, 1.54) is 7.11 Å².